The summed E-state index contributed by atoms with van der Waals surface area (Å²) in [5.41, 5.74) is 3.66. The number of aryl methyl sites for hydroxylation is 4. The van der Waals surface area contributed by atoms with Gasteiger partial charge < -0.3 is 23.6 Å². The lowest BCUT2D eigenvalue weighted by molar-refractivity contribution is -0.310. The van der Waals surface area contributed by atoms with Crippen LogP contribution < -0.4 is 10.7 Å². The van der Waals surface area contributed by atoms with E-state index in [0.717, 1.165) is 53.4 Å². The highest BCUT2D eigenvalue weighted by Crippen LogP contribution is 2.38. The zero-order chi connectivity index (χ0) is 21.9. The molecule has 0 saturated carbocycles. The third-order valence-electron chi connectivity index (χ3n) is 6.90. The average Bonchev–Trinajstić information content (AvgIpc) is 3.37. The van der Waals surface area contributed by atoms with Crippen molar-refractivity contribution in [3.8, 4) is 0 Å². The number of carboxylic acids is 1. The van der Waals surface area contributed by atoms with Crippen molar-refractivity contribution >= 4 is 33.8 Å². The number of nitrogens with zero attached hydrogens (tertiary/aromatic N) is 1. The molecule has 0 radical (unpaired) electrons. The summed E-state index contributed by atoms with van der Waals surface area (Å²) in [6, 6.07) is 1.08. The van der Waals surface area contributed by atoms with Crippen LogP contribution in [0.25, 0.3) is 21.9 Å². The molecule has 0 unspecified atom stereocenters. The van der Waals surface area contributed by atoms with E-state index in [2.05, 4.69) is 0 Å². The molecule has 5 rings (SSSR count). The summed E-state index contributed by atoms with van der Waals surface area (Å²) in [4.78, 5) is 38.3. The first kappa shape index (κ1) is 19.8. The Balaban J connectivity index is 1.61. The molecular formula is C24H24NO6-. The molecule has 1 saturated heterocycles. The van der Waals surface area contributed by atoms with Crippen LogP contribution in [0.4, 0.5) is 0 Å². The Kier molecular flexibility index (Phi) is 4.64. The quantitative estimate of drug-likeness (QED) is 0.600. The summed E-state index contributed by atoms with van der Waals surface area (Å²) >= 11 is 0. The summed E-state index contributed by atoms with van der Waals surface area (Å²) in [7, 11) is 0. The minimum Gasteiger partial charge on any atom is -0.548 e. The van der Waals surface area contributed by atoms with Crippen molar-refractivity contribution in [1.82, 2.24) is 4.90 Å². The molecule has 1 aliphatic carbocycles. The van der Waals surface area contributed by atoms with Crippen LogP contribution >= 0.6 is 0 Å². The summed E-state index contributed by atoms with van der Waals surface area (Å²) < 4.78 is 11.8. The molecule has 1 aromatic carbocycles. The molecule has 2 aliphatic rings. The van der Waals surface area contributed by atoms with Crippen LogP contribution in [0.5, 0.6) is 0 Å². The second-order valence-electron chi connectivity index (χ2n) is 8.70. The van der Waals surface area contributed by atoms with Crippen LogP contribution in [0.2, 0.25) is 0 Å². The number of hydrogen-bond acceptors (Lipinski definition) is 6. The summed E-state index contributed by atoms with van der Waals surface area (Å²) in [6.45, 7) is 4.07. The predicted octanol–water partition coefficient (Wildman–Crippen LogP) is 2.32. The normalized spacial score (nSPS) is 18.6. The fourth-order valence-corrected chi connectivity index (χ4v) is 5.18. The van der Waals surface area contributed by atoms with E-state index in [1.54, 1.807) is 0 Å². The third kappa shape index (κ3) is 3.06. The number of carbonyl (C=O) groups is 2. The fraction of sp³-hybridized carbons (Fsp3) is 0.458. The Labute approximate surface area is 178 Å². The van der Waals surface area contributed by atoms with E-state index in [9.17, 15) is 19.5 Å². The smallest absolute Gasteiger partial charge is 0.340 e. The number of rotatable bonds is 3. The first-order valence-electron chi connectivity index (χ1n) is 10.9. The Morgan fingerprint density at radius 1 is 1.06 bits per heavy atom. The van der Waals surface area contributed by atoms with E-state index in [4.69, 9.17) is 8.83 Å². The van der Waals surface area contributed by atoms with Crippen molar-refractivity contribution in [3.63, 3.8) is 0 Å². The van der Waals surface area contributed by atoms with Gasteiger partial charge in [-0.15, -0.1) is 0 Å². The monoisotopic (exact) mass is 422 g/mol. The van der Waals surface area contributed by atoms with Crippen LogP contribution in [0.3, 0.4) is 0 Å². The van der Waals surface area contributed by atoms with Gasteiger partial charge in [0.1, 0.15) is 16.9 Å². The lowest BCUT2D eigenvalue weighted by Gasteiger charge is -2.25. The number of hydrogen-bond donors (Lipinski definition) is 0. The van der Waals surface area contributed by atoms with Gasteiger partial charge in [-0.05, 0) is 57.6 Å². The Bertz CT molecular complexity index is 1300. The van der Waals surface area contributed by atoms with Crippen LogP contribution in [0, 0.1) is 13.8 Å². The van der Waals surface area contributed by atoms with Gasteiger partial charge in [0, 0.05) is 34.9 Å². The number of fused-ring (bicyclic) bond motifs is 4. The highest BCUT2D eigenvalue weighted by molar-refractivity contribution is 6.00. The van der Waals surface area contributed by atoms with Gasteiger partial charge in [-0.1, -0.05) is 0 Å². The molecule has 1 fully saturated rings. The zero-order valence-electron chi connectivity index (χ0n) is 17.7. The molecule has 2 aromatic heterocycles. The van der Waals surface area contributed by atoms with E-state index in [1.165, 1.54) is 10.5 Å². The number of carboxylic acid groups (broad SMARTS) is 1. The zero-order valence-corrected chi connectivity index (χ0v) is 17.7. The lowest BCUT2D eigenvalue weighted by Crippen LogP contribution is -2.47. The van der Waals surface area contributed by atoms with Crippen LogP contribution in [-0.2, 0) is 28.9 Å². The molecule has 7 nitrogen and oxygen atoms in total. The Hall–Kier alpha value is -3.09. The lowest BCUT2D eigenvalue weighted by atomic mass is 9.93. The Morgan fingerprint density at radius 3 is 2.58 bits per heavy atom. The van der Waals surface area contributed by atoms with E-state index in [0.29, 0.717) is 30.5 Å². The number of likely N-dealkylation sites (tertiary alicyclic amines) is 1. The molecule has 7 heteroatoms. The average molecular weight is 422 g/mol. The van der Waals surface area contributed by atoms with Crippen molar-refractivity contribution in [3.05, 3.63) is 44.5 Å². The molecular weight excluding hydrogens is 398 g/mol. The van der Waals surface area contributed by atoms with E-state index in [-0.39, 0.29) is 17.9 Å². The first-order chi connectivity index (χ1) is 14.9. The van der Waals surface area contributed by atoms with Gasteiger partial charge >= 0.3 is 5.63 Å². The Morgan fingerprint density at radius 2 is 1.81 bits per heavy atom. The number of aliphatic carboxylic acids is 1. The van der Waals surface area contributed by atoms with E-state index >= 15 is 0 Å². The van der Waals surface area contributed by atoms with Crippen LogP contribution in [0.1, 0.15) is 53.7 Å². The molecule has 0 spiro atoms. The first-order valence-corrected chi connectivity index (χ1v) is 10.9. The minimum absolute atomic E-state index is 0.186. The molecule has 162 valence electrons. The summed E-state index contributed by atoms with van der Waals surface area (Å²) in [6.07, 6.45) is 4.91. The number of benzene rings is 1. The maximum Gasteiger partial charge on any atom is 0.340 e. The van der Waals surface area contributed by atoms with Crippen molar-refractivity contribution in [2.45, 2.75) is 64.8 Å². The highest BCUT2D eigenvalue weighted by Gasteiger charge is 2.31. The molecule has 3 aromatic rings. The van der Waals surface area contributed by atoms with Gasteiger partial charge in [-0.25, -0.2) is 4.79 Å². The van der Waals surface area contributed by atoms with Gasteiger partial charge in [0.2, 0.25) is 5.91 Å². The molecule has 0 bridgehead atoms. The van der Waals surface area contributed by atoms with Crippen molar-refractivity contribution in [1.29, 1.82) is 0 Å². The second kappa shape index (κ2) is 7.25. The van der Waals surface area contributed by atoms with Gasteiger partial charge in [-0.2, -0.15) is 0 Å². The second-order valence-corrected chi connectivity index (χ2v) is 8.70. The number of furan rings is 1. The van der Waals surface area contributed by atoms with Gasteiger partial charge in [0.05, 0.1) is 24.0 Å². The van der Waals surface area contributed by atoms with E-state index < -0.39 is 17.6 Å². The standard InChI is InChI=1S/C24H25NO6/c1-12-15-10-17-14-6-3-4-8-19(14)30-22(17)13(2)21(15)31-24(29)16(12)11-20(26)25-9-5-7-18(25)23(27)28/h10,18H,3-9,11H2,1-2H3,(H,27,28)/p-1/t18-/m1/s1. The van der Waals surface area contributed by atoms with Crippen molar-refractivity contribution in [2.75, 3.05) is 6.54 Å². The van der Waals surface area contributed by atoms with E-state index in [1.807, 2.05) is 19.9 Å². The molecule has 31 heavy (non-hydrogen) atoms. The molecule has 3 heterocycles. The van der Waals surface area contributed by atoms with Gasteiger partial charge in [0.25, 0.3) is 0 Å². The number of amides is 1. The predicted molar refractivity (Wildman–Crippen MR) is 112 cm³/mol. The molecule has 1 amide bonds. The minimum atomic E-state index is -1.25. The fourth-order valence-electron chi connectivity index (χ4n) is 5.18. The third-order valence-corrected chi connectivity index (χ3v) is 6.90. The van der Waals surface area contributed by atoms with Crippen LogP contribution in [0.15, 0.2) is 19.7 Å². The maximum absolute atomic E-state index is 12.8. The SMILES string of the molecule is Cc1c(CC(=O)N2CCC[C@@H]2C(=O)[O-])c(=O)oc2c(C)c3oc4c(c3cc12)CCCC4. The van der Waals surface area contributed by atoms with Gasteiger partial charge in [0.15, 0.2) is 0 Å². The van der Waals surface area contributed by atoms with Crippen molar-refractivity contribution < 1.29 is 23.5 Å². The topological polar surface area (TPSA) is 104 Å². The summed E-state index contributed by atoms with van der Waals surface area (Å²) in [5.74, 6) is -0.631. The maximum atomic E-state index is 12.8. The highest BCUT2D eigenvalue weighted by atomic mass is 16.4. The van der Waals surface area contributed by atoms with Crippen LogP contribution in [-0.4, -0.2) is 29.4 Å². The largest absolute Gasteiger partial charge is 0.548 e. The molecule has 0 N–H and O–H groups in total. The molecule has 1 aliphatic heterocycles. The van der Waals surface area contributed by atoms with Crippen molar-refractivity contribution in [2.24, 2.45) is 0 Å². The summed E-state index contributed by atoms with van der Waals surface area (Å²) in [5, 5.41) is 13.2. The number of carbonyl (C=O) groups excluding carboxylic acids is 2. The van der Waals surface area contributed by atoms with Gasteiger partial charge in [-0.3, -0.25) is 4.79 Å². The molecule has 1 atom stereocenters.